The van der Waals surface area contributed by atoms with Crippen molar-refractivity contribution in [3.8, 4) is 5.75 Å². The molecule has 3 aliphatic rings. The molecule has 0 saturated heterocycles. The third-order valence-corrected chi connectivity index (χ3v) is 9.64. The third kappa shape index (κ3) is 5.22. The van der Waals surface area contributed by atoms with Crippen molar-refractivity contribution in [1.82, 2.24) is 19.9 Å². The molecule has 0 bridgehead atoms. The van der Waals surface area contributed by atoms with Gasteiger partial charge in [0, 0.05) is 32.6 Å². The van der Waals surface area contributed by atoms with Crippen molar-refractivity contribution >= 4 is 34.5 Å². The molecule has 0 radical (unpaired) electrons. The second-order valence-electron chi connectivity index (χ2n) is 12.6. The van der Waals surface area contributed by atoms with Crippen molar-refractivity contribution in [2.45, 2.75) is 58.4 Å². The van der Waals surface area contributed by atoms with Crippen molar-refractivity contribution in [2.75, 3.05) is 24.6 Å². The first-order valence-corrected chi connectivity index (χ1v) is 15.7. The average molecular weight is 608 g/mol. The number of amides is 2. The number of hydrogen-bond donors (Lipinski definition) is 1. The predicted molar refractivity (Wildman–Crippen MR) is 169 cm³/mol. The molecule has 1 fully saturated rings. The van der Waals surface area contributed by atoms with Crippen LogP contribution in [-0.4, -0.2) is 62.5 Å². The fraction of sp³-hybridized carbons (Fsp3) is 0.400. The second-order valence-corrected chi connectivity index (χ2v) is 12.6. The number of ether oxygens (including phenoxy) is 1. The number of fused-ring (bicyclic) bond motifs is 3. The molecule has 2 amide bonds. The zero-order chi connectivity index (χ0) is 31.4. The monoisotopic (exact) mass is 607 g/mol. The Morgan fingerprint density at radius 1 is 1.11 bits per heavy atom. The van der Waals surface area contributed by atoms with Crippen LogP contribution in [0.3, 0.4) is 0 Å². The molecule has 7 rings (SSSR count). The predicted octanol–water partition coefficient (Wildman–Crippen LogP) is 4.78. The topological polar surface area (TPSA) is 118 Å². The van der Waals surface area contributed by atoms with Gasteiger partial charge in [-0.15, -0.1) is 5.10 Å². The SMILES string of the molecule is CCc1ccc(C(=O)N2CCc3ccc(C(CC(=O)O)c4ccc5c(nnn5C)c4C)cc3C2)c2c1N(CC1CC1)C(=O)CO2. The van der Waals surface area contributed by atoms with Crippen LogP contribution in [0.15, 0.2) is 42.5 Å². The Balaban J connectivity index is 1.20. The lowest BCUT2D eigenvalue weighted by molar-refractivity contribution is -0.137. The molecule has 3 heterocycles. The molecule has 2 aliphatic heterocycles. The Morgan fingerprint density at radius 3 is 2.69 bits per heavy atom. The summed E-state index contributed by atoms with van der Waals surface area (Å²) < 4.78 is 7.71. The van der Waals surface area contributed by atoms with Crippen LogP contribution in [0.4, 0.5) is 5.69 Å². The number of carboxylic acids is 1. The largest absolute Gasteiger partial charge is 0.481 e. The molecule has 10 nitrogen and oxygen atoms in total. The summed E-state index contributed by atoms with van der Waals surface area (Å²) in [6, 6.07) is 13.9. The van der Waals surface area contributed by atoms with E-state index in [-0.39, 0.29) is 30.8 Å². The fourth-order valence-electron chi connectivity index (χ4n) is 6.94. The summed E-state index contributed by atoms with van der Waals surface area (Å²) >= 11 is 0. The quantitative estimate of drug-likeness (QED) is 0.306. The highest BCUT2D eigenvalue weighted by atomic mass is 16.5. The lowest BCUT2D eigenvalue weighted by Crippen LogP contribution is -2.42. The number of rotatable bonds is 8. The van der Waals surface area contributed by atoms with Gasteiger partial charge in [-0.1, -0.05) is 42.5 Å². The molecule has 1 aromatic heterocycles. The van der Waals surface area contributed by atoms with Crippen molar-refractivity contribution in [3.05, 3.63) is 81.4 Å². The highest BCUT2D eigenvalue weighted by molar-refractivity contribution is 6.05. The number of anilines is 1. The van der Waals surface area contributed by atoms with Gasteiger partial charge < -0.3 is 19.6 Å². The van der Waals surface area contributed by atoms with E-state index >= 15 is 0 Å². The van der Waals surface area contributed by atoms with Crippen molar-refractivity contribution < 1.29 is 24.2 Å². The summed E-state index contributed by atoms with van der Waals surface area (Å²) in [4.78, 5) is 42.8. The van der Waals surface area contributed by atoms with E-state index in [1.54, 1.807) is 4.68 Å². The third-order valence-electron chi connectivity index (χ3n) is 9.64. The molecule has 45 heavy (non-hydrogen) atoms. The average Bonchev–Trinajstić information content (AvgIpc) is 3.79. The van der Waals surface area contributed by atoms with E-state index in [2.05, 4.69) is 29.4 Å². The molecular formula is C35H37N5O5. The Labute approximate surface area is 261 Å². The van der Waals surface area contributed by atoms with E-state index in [0.29, 0.717) is 43.3 Å². The number of carbonyl (C=O) groups is 3. The maximum Gasteiger partial charge on any atom is 0.304 e. The minimum absolute atomic E-state index is 0.0577. The van der Waals surface area contributed by atoms with E-state index < -0.39 is 5.97 Å². The highest BCUT2D eigenvalue weighted by Crippen LogP contribution is 2.43. The Hall–Kier alpha value is -4.73. The van der Waals surface area contributed by atoms with Crippen LogP contribution in [0.2, 0.25) is 0 Å². The minimum atomic E-state index is -0.886. The number of carboxylic acid groups (broad SMARTS) is 1. The van der Waals surface area contributed by atoms with E-state index in [9.17, 15) is 19.5 Å². The number of carbonyl (C=O) groups excluding carboxylic acids is 2. The molecular weight excluding hydrogens is 570 g/mol. The minimum Gasteiger partial charge on any atom is -0.481 e. The van der Waals surface area contributed by atoms with E-state index in [4.69, 9.17) is 4.74 Å². The van der Waals surface area contributed by atoms with Gasteiger partial charge in [-0.2, -0.15) is 0 Å². The fourth-order valence-corrected chi connectivity index (χ4v) is 6.94. The zero-order valence-electron chi connectivity index (χ0n) is 25.9. The second kappa shape index (κ2) is 11.3. The zero-order valence-corrected chi connectivity index (χ0v) is 25.9. The van der Waals surface area contributed by atoms with E-state index in [1.807, 2.05) is 54.1 Å². The summed E-state index contributed by atoms with van der Waals surface area (Å²) in [7, 11) is 1.84. The first-order valence-electron chi connectivity index (χ1n) is 15.7. The number of nitrogens with zero attached hydrogens (tertiary/aromatic N) is 5. The van der Waals surface area contributed by atoms with Crippen molar-refractivity contribution in [1.29, 1.82) is 0 Å². The number of aromatic nitrogens is 3. The molecule has 1 aliphatic carbocycles. The van der Waals surface area contributed by atoms with Gasteiger partial charge in [0.15, 0.2) is 12.4 Å². The van der Waals surface area contributed by atoms with Crippen LogP contribution >= 0.6 is 0 Å². The first kappa shape index (κ1) is 29.0. The van der Waals surface area contributed by atoms with Gasteiger partial charge in [0.1, 0.15) is 5.52 Å². The summed E-state index contributed by atoms with van der Waals surface area (Å²) in [6.07, 6.45) is 3.60. The summed E-state index contributed by atoms with van der Waals surface area (Å²) in [6.45, 7) is 5.58. The molecule has 1 saturated carbocycles. The molecule has 1 atom stereocenters. The van der Waals surface area contributed by atoms with Gasteiger partial charge in [0.05, 0.1) is 23.2 Å². The number of aryl methyl sites for hydroxylation is 3. The van der Waals surface area contributed by atoms with Crippen LogP contribution < -0.4 is 9.64 Å². The van der Waals surface area contributed by atoms with Gasteiger partial charge in [-0.05, 0) is 84.0 Å². The molecule has 4 aromatic rings. The molecule has 1 unspecified atom stereocenters. The van der Waals surface area contributed by atoms with Gasteiger partial charge in [0.25, 0.3) is 11.8 Å². The maximum absolute atomic E-state index is 14.1. The maximum atomic E-state index is 14.1. The standard InChI is InChI=1S/C35H37N5O5/c1-4-22-9-10-27(34-33(22)40(17-21-5-6-21)30(41)19-45-34)35(44)39-14-13-23-7-8-24(15-25(23)18-39)28(16-31(42)43)26-11-12-29-32(20(26)2)36-37-38(29)3/h7-12,15,21,28H,4-6,13-14,16-19H2,1-3H3,(H,42,43). The smallest absolute Gasteiger partial charge is 0.304 e. The first-order chi connectivity index (χ1) is 21.7. The molecule has 0 spiro atoms. The van der Waals surface area contributed by atoms with Crippen LogP contribution in [0.1, 0.15) is 75.8 Å². The Bertz CT molecular complexity index is 1860. The van der Waals surface area contributed by atoms with Gasteiger partial charge in [-0.25, -0.2) is 4.68 Å². The lowest BCUT2D eigenvalue weighted by atomic mass is 9.83. The number of aliphatic carboxylic acids is 1. The van der Waals surface area contributed by atoms with Crippen molar-refractivity contribution in [3.63, 3.8) is 0 Å². The van der Waals surface area contributed by atoms with E-state index in [1.165, 1.54) is 0 Å². The van der Waals surface area contributed by atoms with Gasteiger partial charge in [-0.3, -0.25) is 14.4 Å². The summed E-state index contributed by atoms with van der Waals surface area (Å²) in [5.41, 5.74) is 8.74. The van der Waals surface area contributed by atoms with Crippen LogP contribution in [0.5, 0.6) is 5.75 Å². The van der Waals surface area contributed by atoms with Crippen molar-refractivity contribution in [2.24, 2.45) is 13.0 Å². The number of benzene rings is 3. The number of hydrogen-bond acceptors (Lipinski definition) is 6. The normalized spacial score (nSPS) is 16.7. The molecule has 232 valence electrons. The van der Waals surface area contributed by atoms with Crippen LogP contribution in [-0.2, 0) is 36.0 Å². The van der Waals surface area contributed by atoms with E-state index in [0.717, 1.165) is 69.4 Å². The molecule has 10 heteroatoms. The highest BCUT2D eigenvalue weighted by Gasteiger charge is 2.36. The Morgan fingerprint density at radius 2 is 1.93 bits per heavy atom. The van der Waals surface area contributed by atoms with Crippen LogP contribution in [0.25, 0.3) is 11.0 Å². The summed E-state index contributed by atoms with van der Waals surface area (Å²) in [5, 5.41) is 18.4. The molecule has 3 aromatic carbocycles. The Kier molecular flexibility index (Phi) is 7.30. The van der Waals surface area contributed by atoms with Gasteiger partial charge in [0.2, 0.25) is 0 Å². The van der Waals surface area contributed by atoms with Crippen LogP contribution in [0, 0.1) is 12.8 Å². The summed E-state index contributed by atoms with van der Waals surface area (Å²) in [5.74, 6) is -0.442. The van der Waals surface area contributed by atoms with Gasteiger partial charge >= 0.3 is 5.97 Å². The molecule has 1 N–H and O–H groups in total. The lowest BCUT2D eigenvalue weighted by Gasteiger charge is -2.34.